The molecule has 2 rings (SSSR count). The molecule has 4 nitrogen and oxygen atoms in total. The molecule has 0 saturated carbocycles. The van der Waals surface area contributed by atoms with Crippen molar-refractivity contribution in [1.82, 2.24) is 0 Å². The van der Waals surface area contributed by atoms with Gasteiger partial charge in [-0.3, -0.25) is 4.79 Å². The van der Waals surface area contributed by atoms with E-state index in [0.717, 1.165) is 0 Å². The summed E-state index contributed by atoms with van der Waals surface area (Å²) in [6.45, 7) is 2.80. The topological polar surface area (TPSA) is 58.6 Å². The number of nitrogens with one attached hydrogen (secondary N) is 1. The lowest BCUT2D eigenvalue weighted by Gasteiger charge is -2.39. The van der Waals surface area contributed by atoms with Gasteiger partial charge in [-0.2, -0.15) is 0 Å². The monoisotopic (exact) mass is 255 g/mol. The largest absolute Gasteiger partial charge is 0.506 e. The van der Waals surface area contributed by atoms with Crippen LogP contribution in [0.3, 0.4) is 0 Å². The Bertz CT molecular complexity index is 438. The molecule has 0 atom stereocenters. The van der Waals surface area contributed by atoms with Gasteiger partial charge in [-0.05, 0) is 24.6 Å². The zero-order valence-electron chi connectivity index (χ0n) is 9.50. The Labute approximate surface area is 105 Å². The lowest BCUT2D eigenvalue weighted by Crippen LogP contribution is -2.51. The summed E-state index contributed by atoms with van der Waals surface area (Å²) in [5.41, 5.74) is -0.128. The number of amides is 1. The molecule has 1 aliphatic heterocycles. The SMILES string of the molecule is CCC1(C(=O)Nc2cc(Cl)ccc2O)COC1. The molecule has 0 unspecified atom stereocenters. The number of anilines is 1. The molecule has 0 bridgehead atoms. The van der Waals surface area contributed by atoms with E-state index < -0.39 is 5.41 Å². The van der Waals surface area contributed by atoms with Crippen LogP contribution in [0, 0.1) is 5.41 Å². The Balaban J connectivity index is 2.15. The zero-order chi connectivity index (χ0) is 12.5. The third-order valence-corrected chi connectivity index (χ3v) is 3.36. The first kappa shape index (κ1) is 12.2. The van der Waals surface area contributed by atoms with Crippen molar-refractivity contribution in [2.45, 2.75) is 13.3 Å². The molecule has 1 aromatic rings. The number of rotatable bonds is 3. The van der Waals surface area contributed by atoms with Crippen LogP contribution in [0.4, 0.5) is 5.69 Å². The van der Waals surface area contributed by atoms with Gasteiger partial charge >= 0.3 is 0 Å². The van der Waals surface area contributed by atoms with Crippen molar-refractivity contribution in [3.8, 4) is 5.75 Å². The molecule has 0 aromatic heterocycles. The lowest BCUT2D eigenvalue weighted by molar-refractivity contribution is -0.156. The minimum atomic E-state index is -0.464. The van der Waals surface area contributed by atoms with Crippen molar-refractivity contribution in [3.05, 3.63) is 23.2 Å². The fourth-order valence-corrected chi connectivity index (χ4v) is 1.88. The third kappa shape index (κ3) is 2.23. The summed E-state index contributed by atoms with van der Waals surface area (Å²) in [4.78, 5) is 12.1. The third-order valence-electron chi connectivity index (χ3n) is 3.12. The Kier molecular flexibility index (Phi) is 3.26. The maximum atomic E-state index is 12.1. The van der Waals surface area contributed by atoms with E-state index >= 15 is 0 Å². The van der Waals surface area contributed by atoms with Crippen molar-refractivity contribution >= 4 is 23.2 Å². The molecule has 1 heterocycles. The number of carbonyl (C=O) groups excluding carboxylic acids is 1. The van der Waals surface area contributed by atoms with Gasteiger partial charge in [-0.25, -0.2) is 0 Å². The highest BCUT2D eigenvalue weighted by Gasteiger charge is 2.44. The highest BCUT2D eigenvalue weighted by atomic mass is 35.5. The van der Waals surface area contributed by atoms with Gasteiger partial charge in [0.2, 0.25) is 5.91 Å². The second-order valence-electron chi connectivity index (χ2n) is 4.24. The average Bonchev–Trinajstić information content (AvgIpc) is 2.23. The minimum absolute atomic E-state index is 0.00856. The summed E-state index contributed by atoms with van der Waals surface area (Å²) >= 11 is 5.81. The number of benzene rings is 1. The first-order valence-electron chi connectivity index (χ1n) is 5.45. The number of phenols is 1. The number of hydrogen-bond donors (Lipinski definition) is 2. The first-order chi connectivity index (χ1) is 8.07. The van der Waals surface area contributed by atoms with Crippen molar-refractivity contribution in [2.75, 3.05) is 18.5 Å². The van der Waals surface area contributed by atoms with Gasteiger partial charge in [0.1, 0.15) is 5.75 Å². The number of aromatic hydroxyl groups is 1. The zero-order valence-corrected chi connectivity index (χ0v) is 10.3. The molecule has 1 amide bonds. The Hall–Kier alpha value is -1.26. The second kappa shape index (κ2) is 4.55. The molecule has 0 radical (unpaired) electrons. The van der Waals surface area contributed by atoms with Crippen LogP contribution in [-0.4, -0.2) is 24.2 Å². The van der Waals surface area contributed by atoms with Crippen molar-refractivity contribution < 1.29 is 14.6 Å². The van der Waals surface area contributed by atoms with Gasteiger partial charge in [0.25, 0.3) is 0 Å². The number of ether oxygens (including phenoxy) is 1. The highest BCUT2D eigenvalue weighted by Crippen LogP contribution is 2.34. The molecule has 2 N–H and O–H groups in total. The van der Waals surface area contributed by atoms with Crippen LogP contribution in [0.25, 0.3) is 0 Å². The Morgan fingerprint density at radius 2 is 2.29 bits per heavy atom. The molecule has 1 saturated heterocycles. The minimum Gasteiger partial charge on any atom is -0.506 e. The number of phenolic OH excluding ortho intramolecular Hbond substituents is 1. The molecule has 1 aromatic carbocycles. The van der Waals surface area contributed by atoms with Crippen molar-refractivity contribution in [2.24, 2.45) is 5.41 Å². The summed E-state index contributed by atoms with van der Waals surface area (Å²) in [7, 11) is 0. The van der Waals surface area contributed by atoms with Gasteiger partial charge in [0, 0.05) is 5.02 Å². The molecule has 0 aliphatic carbocycles. The smallest absolute Gasteiger partial charge is 0.235 e. The van der Waals surface area contributed by atoms with E-state index in [1.165, 1.54) is 12.1 Å². The van der Waals surface area contributed by atoms with Gasteiger partial charge in [0.05, 0.1) is 24.3 Å². The van der Waals surface area contributed by atoms with E-state index in [1.54, 1.807) is 6.07 Å². The first-order valence-corrected chi connectivity index (χ1v) is 5.83. The maximum Gasteiger partial charge on any atom is 0.235 e. The van der Waals surface area contributed by atoms with E-state index in [0.29, 0.717) is 30.3 Å². The summed E-state index contributed by atoms with van der Waals surface area (Å²) in [5, 5.41) is 12.8. The van der Waals surface area contributed by atoms with Crippen LogP contribution < -0.4 is 5.32 Å². The predicted octanol–water partition coefficient (Wildman–Crippen LogP) is 2.41. The molecule has 5 heteroatoms. The van der Waals surface area contributed by atoms with Crippen LogP contribution in [0.15, 0.2) is 18.2 Å². The predicted molar refractivity (Wildman–Crippen MR) is 65.3 cm³/mol. The molecular weight excluding hydrogens is 242 g/mol. The van der Waals surface area contributed by atoms with E-state index in [9.17, 15) is 9.90 Å². The van der Waals surface area contributed by atoms with Crippen LogP contribution in [-0.2, 0) is 9.53 Å². The van der Waals surface area contributed by atoms with Crippen molar-refractivity contribution in [1.29, 1.82) is 0 Å². The number of hydrogen-bond acceptors (Lipinski definition) is 3. The van der Waals surface area contributed by atoms with Crippen LogP contribution in [0.1, 0.15) is 13.3 Å². The fourth-order valence-electron chi connectivity index (χ4n) is 1.71. The van der Waals surface area contributed by atoms with Crippen LogP contribution in [0.5, 0.6) is 5.75 Å². The molecule has 0 spiro atoms. The average molecular weight is 256 g/mol. The Morgan fingerprint density at radius 1 is 1.59 bits per heavy atom. The van der Waals surface area contributed by atoms with Gasteiger partial charge in [-0.15, -0.1) is 0 Å². The number of carbonyl (C=O) groups is 1. The standard InChI is InChI=1S/C12H14ClNO3/c1-2-12(6-17-7-12)11(16)14-9-5-8(13)3-4-10(9)15/h3-5,15H,2,6-7H2,1H3,(H,14,16). The van der Waals surface area contributed by atoms with Gasteiger partial charge in [-0.1, -0.05) is 18.5 Å². The fraction of sp³-hybridized carbons (Fsp3) is 0.417. The highest BCUT2D eigenvalue weighted by molar-refractivity contribution is 6.31. The Morgan fingerprint density at radius 3 is 2.82 bits per heavy atom. The number of halogens is 1. The van der Waals surface area contributed by atoms with Gasteiger partial charge < -0.3 is 15.2 Å². The van der Waals surface area contributed by atoms with E-state index in [2.05, 4.69) is 5.32 Å². The molecule has 17 heavy (non-hydrogen) atoms. The van der Waals surface area contributed by atoms with Crippen LogP contribution >= 0.6 is 11.6 Å². The molecular formula is C12H14ClNO3. The van der Waals surface area contributed by atoms with Crippen molar-refractivity contribution in [3.63, 3.8) is 0 Å². The molecule has 92 valence electrons. The van der Waals surface area contributed by atoms with E-state index in [-0.39, 0.29) is 11.7 Å². The van der Waals surface area contributed by atoms with E-state index in [4.69, 9.17) is 16.3 Å². The maximum absolute atomic E-state index is 12.1. The van der Waals surface area contributed by atoms with E-state index in [1.807, 2.05) is 6.92 Å². The normalized spacial score (nSPS) is 17.3. The summed E-state index contributed by atoms with van der Waals surface area (Å²) < 4.78 is 5.09. The molecule has 1 aliphatic rings. The lowest BCUT2D eigenvalue weighted by atomic mass is 9.82. The summed E-state index contributed by atoms with van der Waals surface area (Å²) in [5.74, 6) is -0.127. The quantitative estimate of drug-likeness (QED) is 0.816. The summed E-state index contributed by atoms with van der Waals surface area (Å²) in [6, 6.07) is 4.54. The summed E-state index contributed by atoms with van der Waals surface area (Å²) in [6.07, 6.45) is 0.708. The van der Waals surface area contributed by atoms with Gasteiger partial charge in [0.15, 0.2) is 0 Å². The molecule has 1 fully saturated rings. The second-order valence-corrected chi connectivity index (χ2v) is 4.68. The van der Waals surface area contributed by atoms with Crippen LogP contribution in [0.2, 0.25) is 5.02 Å².